The molecule has 2 aromatic heterocycles. The highest BCUT2D eigenvalue weighted by molar-refractivity contribution is 5.82. The molecule has 0 bridgehead atoms. The molecule has 4 aromatic rings. The van der Waals surface area contributed by atoms with Crippen LogP contribution in [0.1, 0.15) is 0 Å². The average molecular weight is 257 g/mol. The Hall–Kier alpha value is -2.81. The van der Waals surface area contributed by atoms with Crippen molar-refractivity contribution in [1.82, 2.24) is 15.0 Å². The smallest absolute Gasteiger partial charge is 0.108 e. The average Bonchev–Trinajstić information content (AvgIpc) is 2.54. The lowest BCUT2D eigenvalue weighted by Crippen LogP contribution is -1.91. The van der Waals surface area contributed by atoms with Gasteiger partial charge in [0, 0.05) is 5.39 Å². The molecule has 0 saturated heterocycles. The molecule has 0 unspecified atom stereocenters. The van der Waals surface area contributed by atoms with Crippen LogP contribution in [-0.4, -0.2) is 15.0 Å². The number of rotatable bonds is 1. The van der Waals surface area contributed by atoms with Crippen molar-refractivity contribution in [2.45, 2.75) is 0 Å². The second-order valence-corrected chi connectivity index (χ2v) is 4.63. The van der Waals surface area contributed by atoms with Crippen LogP contribution in [0.2, 0.25) is 0 Å². The number of nitrogens with zero attached hydrogens (tertiary/aromatic N) is 3. The zero-order valence-corrected chi connectivity index (χ0v) is 10.7. The lowest BCUT2D eigenvalue weighted by Gasteiger charge is -2.03. The maximum absolute atomic E-state index is 4.65. The number of para-hydroxylation sites is 3. The number of hydrogen-bond donors (Lipinski definition) is 0. The van der Waals surface area contributed by atoms with Crippen LogP contribution in [-0.2, 0) is 0 Å². The molecule has 0 aliphatic carbocycles. The van der Waals surface area contributed by atoms with Crippen molar-refractivity contribution >= 4 is 21.9 Å². The summed E-state index contributed by atoms with van der Waals surface area (Å²) in [7, 11) is 0. The number of fused-ring (bicyclic) bond motifs is 2. The summed E-state index contributed by atoms with van der Waals surface area (Å²) in [5.41, 5.74) is 4.41. The van der Waals surface area contributed by atoms with Gasteiger partial charge in [-0.15, -0.1) is 0 Å². The quantitative estimate of drug-likeness (QED) is 0.520. The molecule has 0 amide bonds. The Bertz CT molecular complexity index is 838. The van der Waals surface area contributed by atoms with Crippen molar-refractivity contribution in [2.24, 2.45) is 0 Å². The van der Waals surface area contributed by atoms with Gasteiger partial charge in [0.1, 0.15) is 5.69 Å². The molecule has 2 aromatic carbocycles. The van der Waals surface area contributed by atoms with Crippen LogP contribution in [0.25, 0.3) is 33.3 Å². The summed E-state index contributed by atoms with van der Waals surface area (Å²) in [5.74, 6) is 0. The number of aromatic nitrogens is 3. The van der Waals surface area contributed by atoms with E-state index >= 15 is 0 Å². The predicted molar refractivity (Wildman–Crippen MR) is 80.3 cm³/mol. The van der Waals surface area contributed by atoms with Gasteiger partial charge in [-0.05, 0) is 24.3 Å². The second-order valence-electron chi connectivity index (χ2n) is 4.63. The van der Waals surface area contributed by atoms with Gasteiger partial charge in [0.2, 0.25) is 0 Å². The molecule has 0 atom stereocenters. The van der Waals surface area contributed by atoms with Gasteiger partial charge < -0.3 is 0 Å². The first kappa shape index (κ1) is 11.1. The van der Waals surface area contributed by atoms with Crippen molar-refractivity contribution in [3.05, 3.63) is 66.9 Å². The summed E-state index contributed by atoms with van der Waals surface area (Å²) < 4.78 is 0. The Morgan fingerprint density at radius 2 is 1.25 bits per heavy atom. The zero-order chi connectivity index (χ0) is 13.4. The number of hydrogen-bond acceptors (Lipinski definition) is 3. The summed E-state index contributed by atoms with van der Waals surface area (Å²) in [5, 5.41) is 1.13. The fourth-order valence-corrected chi connectivity index (χ4v) is 2.29. The minimum absolute atomic E-state index is 0.800. The minimum atomic E-state index is 0.800. The van der Waals surface area contributed by atoms with Crippen LogP contribution in [0.15, 0.2) is 66.9 Å². The summed E-state index contributed by atoms with van der Waals surface area (Å²) in [4.78, 5) is 13.7. The van der Waals surface area contributed by atoms with Gasteiger partial charge in [-0.1, -0.05) is 36.4 Å². The van der Waals surface area contributed by atoms with Crippen molar-refractivity contribution in [2.75, 3.05) is 0 Å². The first-order valence-electron chi connectivity index (χ1n) is 6.48. The molecule has 0 aliphatic heterocycles. The normalized spacial score (nSPS) is 11.0. The number of benzene rings is 2. The third-order valence-electron chi connectivity index (χ3n) is 3.31. The van der Waals surface area contributed by atoms with Gasteiger partial charge in [-0.2, -0.15) is 0 Å². The van der Waals surface area contributed by atoms with Crippen LogP contribution < -0.4 is 0 Å². The van der Waals surface area contributed by atoms with E-state index in [-0.39, 0.29) is 0 Å². The number of pyridine rings is 1. The highest BCUT2D eigenvalue weighted by Gasteiger charge is 2.04. The largest absolute Gasteiger partial charge is 0.252 e. The van der Waals surface area contributed by atoms with E-state index in [4.69, 9.17) is 0 Å². The maximum atomic E-state index is 4.65. The predicted octanol–water partition coefficient (Wildman–Crippen LogP) is 3.85. The summed E-state index contributed by atoms with van der Waals surface area (Å²) >= 11 is 0. The summed E-state index contributed by atoms with van der Waals surface area (Å²) in [6.45, 7) is 0. The van der Waals surface area contributed by atoms with E-state index in [0.29, 0.717) is 0 Å². The van der Waals surface area contributed by atoms with E-state index in [1.165, 1.54) is 0 Å². The maximum Gasteiger partial charge on any atom is 0.108 e. The topological polar surface area (TPSA) is 38.7 Å². The lowest BCUT2D eigenvalue weighted by atomic mass is 10.2. The van der Waals surface area contributed by atoms with Crippen LogP contribution in [0.4, 0.5) is 0 Å². The van der Waals surface area contributed by atoms with E-state index < -0.39 is 0 Å². The SMILES string of the molecule is c1ccc2nc(-c3cnc4ccccc4n3)ccc2c1. The molecule has 3 nitrogen and oxygen atoms in total. The van der Waals surface area contributed by atoms with E-state index in [2.05, 4.69) is 27.1 Å². The molecule has 0 fully saturated rings. The van der Waals surface area contributed by atoms with Crippen molar-refractivity contribution in [3.63, 3.8) is 0 Å². The zero-order valence-electron chi connectivity index (χ0n) is 10.7. The van der Waals surface area contributed by atoms with E-state index in [1.54, 1.807) is 6.20 Å². The van der Waals surface area contributed by atoms with Gasteiger partial charge in [0.05, 0.1) is 28.4 Å². The Kier molecular flexibility index (Phi) is 2.42. The lowest BCUT2D eigenvalue weighted by molar-refractivity contribution is 1.26. The first-order valence-corrected chi connectivity index (χ1v) is 6.48. The molecule has 0 aliphatic rings. The third-order valence-corrected chi connectivity index (χ3v) is 3.31. The molecular weight excluding hydrogens is 246 g/mol. The third kappa shape index (κ3) is 1.80. The molecule has 3 heteroatoms. The highest BCUT2D eigenvalue weighted by Crippen LogP contribution is 2.20. The standard InChI is InChI=1S/C17H11N3/c1-2-6-13-12(5-1)9-10-16(19-13)17-11-18-14-7-3-4-8-15(14)20-17/h1-11H. The summed E-state index contributed by atoms with van der Waals surface area (Å²) in [6.07, 6.45) is 1.78. The Labute approximate surface area is 116 Å². The molecular formula is C17H11N3. The fraction of sp³-hybridized carbons (Fsp3) is 0. The van der Waals surface area contributed by atoms with E-state index in [9.17, 15) is 0 Å². The van der Waals surface area contributed by atoms with Gasteiger partial charge in [-0.3, -0.25) is 4.98 Å². The molecule has 0 N–H and O–H groups in total. The minimum Gasteiger partial charge on any atom is -0.252 e. The summed E-state index contributed by atoms with van der Waals surface area (Å²) in [6, 6.07) is 20.0. The van der Waals surface area contributed by atoms with Gasteiger partial charge in [0.25, 0.3) is 0 Å². The highest BCUT2D eigenvalue weighted by atomic mass is 14.8. The first-order chi connectivity index (χ1) is 9.90. The molecule has 0 spiro atoms. The van der Waals surface area contributed by atoms with Gasteiger partial charge in [0.15, 0.2) is 0 Å². The van der Waals surface area contributed by atoms with E-state index in [1.807, 2.05) is 48.5 Å². The van der Waals surface area contributed by atoms with Crippen LogP contribution >= 0.6 is 0 Å². The van der Waals surface area contributed by atoms with Gasteiger partial charge >= 0.3 is 0 Å². The second kappa shape index (κ2) is 4.38. The molecule has 4 rings (SSSR count). The van der Waals surface area contributed by atoms with Crippen molar-refractivity contribution in [1.29, 1.82) is 0 Å². The van der Waals surface area contributed by atoms with Crippen LogP contribution in [0.3, 0.4) is 0 Å². The molecule has 0 radical (unpaired) electrons. The van der Waals surface area contributed by atoms with Gasteiger partial charge in [-0.25, -0.2) is 9.97 Å². The Morgan fingerprint density at radius 3 is 2.15 bits per heavy atom. The molecule has 2 heterocycles. The Balaban J connectivity index is 1.91. The monoisotopic (exact) mass is 257 g/mol. The fourth-order valence-electron chi connectivity index (χ4n) is 2.29. The van der Waals surface area contributed by atoms with Crippen molar-refractivity contribution < 1.29 is 0 Å². The molecule has 20 heavy (non-hydrogen) atoms. The van der Waals surface area contributed by atoms with Crippen LogP contribution in [0.5, 0.6) is 0 Å². The van der Waals surface area contributed by atoms with E-state index in [0.717, 1.165) is 33.3 Å². The molecule has 94 valence electrons. The molecule has 0 saturated carbocycles. The Morgan fingerprint density at radius 1 is 0.550 bits per heavy atom. The van der Waals surface area contributed by atoms with Crippen molar-refractivity contribution in [3.8, 4) is 11.4 Å². The van der Waals surface area contributed by atoms with Crippen LogP contribution in [0, 0.1) is 0 Å².